The molecule has 0 bridgehead atoms. The zero-order valence-corrected chi connectivity index (χ0v) is 18.6. The monoisotopic (exact) mass is 432 g/mol. The normalized spacial score (nSPS) is 9.78. The number of hydrogen-bond acceptors (Lipinski definition) is 0. The van der Waals surface area contributed by atoms with Gasteiger partial charge >= 0.3 is 35.6 Å². The molecule has 27 heavy (non-hydrogen) atoms. The Labute approximate surface area is 179 Å². The Balaban J connectivity index is 0.000000817. The van der Waals surface area contributed by atoms with Crippen LogP contribution in [0.1, 0.15) is 25.0 Å². The molecule has 140 valence electrons. The van der Waals surface area contributed by atoms with Crippen LogP contribution in [0.5, 0.6) is 0 Å². The zero-order valence-electron chi connectivity index (χ0n) is 15.5. The van der Waals surface area contributed by atoms with Crippen molar-refractivity contribution in [3.63, 3.8) is 0 Å². The van der Waals surface area contributed by atoms with Gasteiger partial charge in [0.05, 0.1) is 0 Å². The average molecular weight is 433 g/mol. The molecule has 0 N–H and O–H groups in total. The fourth-order valence-corrected chi connectivity index (χ4v) is 2.54. The summed E-state index contributed by atoms with van der Waals surface area (Å²) in [5, 5.41) is 9.51. The Morgan fingerprint density at radius 3 is 1.26 bits per heavy atom. The van der Waals surface area contributed by atoms with Gasteiger partial charge in [-0.3, -0.25) is 0 Å². The third kappa shape index (κ3) is 7.23. The van der Waals surface area contributed by atoms with Crippen LogP contribution in [0.3, 0.4) is 0 Å². The molecule has 3 aromatic carbocycles. The molecule has 0 amide bonds. The Morgan fingerprint density at radius 2 is 0.963 bits per heavy atom. The molecule has 5 heteroatoms. The molecule has 0 saturated carbocycles. The summed E-state index contributed by atoms with van der Waals surface area (Å²) in [4.78, 5) is 0. The number of halogens is 2. The number of benzene rings is 3. The van der Waals surface area contributed by atoms with Crippen LogP contribution in [0.15, 0.2) is 72.8 Å². The van der Waals surface area contributed by atoms with E-state index in [-0.39, 0.29) is 0 Å². The summed E-state index contributed by atoms with van der Waals surface area (Å²) >= 11 is -0.556. The fourth-order valence-electron chi connectivity index (χ4n) is 2.54. The van der Waals surface area contributed by atoms with Gasteiger partial charge in [-0.1, -0.05) is 86.6 Å². The molecule has 0 aromatic heterocycles. The summed E-state index contributed by atoms with van der Waals surface area (Å²) in [6.45, 7) is 4.31. The van der Waals surface area contributed by atoms with Crippen LogP contribution in [0.4, 0.5) is 22.7 Å². The van der Waals surface area contributed by atoms with Gasteiger partial charge in [0.1, 0.15) is 0 Å². The summed E-state index contributed by atoms with van der Waals surface area (Å²) in [6, 6.07) is 24.8. The van der Waals surface area contributed by atoms with E-state index in [1.807, 2.05) is 24.3 Å². The summed E-state index contributed by atoms with van der Waals surface area (Å²) in [5.41, 5.74) is 6.33. The third-order valence-electron chi connectivity index (χ3n) is 4.07. The molecule has 0 aliphatic rings. The van der Waals surface area contributed by atoms with Crippen LogP contribution in [0.25, 0.3) is 10.6 Å². The van der Waals surface area contributed by atoms with E-state index in [4.69, 9.17) is 29.2 Å². The van der Waals surface area contributed by atoms with Crippen molar-refractivity contribution in [1.82, 2.24) is 0 Å². The molecule has 0 saturated heterocycles. The van der Waals surface area contributed by atoms with Crippen molar-refractivity contribution in [2.45, 2.75) is 26.7 Å². The van der Waals surface area contributed by atoms with Gasteiger partial charge in [0.25, 0.3) is 0 Å². The maximum atomic E-state index is 4.89. The van der Waals surface area contributed by atoms with Crippen molar-refractivity contribution >= 4 is 41.4 Å². The van der Waals surface area contributed by atoms with Crippen molar-refractivity contribution in [3.8, 4) is 0 Å². The zero-order chi connectivity index (χ0) is 19.5. The van der Waals surface area contributed by atoms with E-state index in [1.165, 1.54) is 11.1 Å². The second-order valence-electron chi connectivity index (χ2n) is 5.82. The molecule has 0 spiro atoms. The summed E-state index contributed by atoms with van der Waals surface area (Å²) < 4.78 is 0. The van der Waals surface area contributed by atoms with Crippen molar-refractivity contribution in [2.75, 3.05) is 0 Å². The Hall–Kier alpha value is -1.45. The van der Waals surface area contributed by atoms with E-state index in [0.29, 0.717) is 0 Å². The SMILES string of the molecule is CCc1ccc([N-]c2ccccc2[N-]c2ccc(CC)cc2)cc1.[Cl][Ti][Cl]. The standard InChI is InChI=1S/C22H22N2.2ClH.Ti/c1-3-17-9-13-19(14-10-17)23-21-7-5-6-8-22(21)24-20-15-11-18(4-2)12-16-20;;;/h5-16H,3-4H2,1-2H3;2*1H;/q-2;;;+2/p-2. The van der Waals surface area contributed by atoms with Gasteiger partial charge in [0, 0.05) is 0 Å². The van der Waals surface area contributed by atoms with E-state index in [2.05, 4.69) is 62.4 Å². The first-order valence-corrected chi connectivity index (χ1v) is 13.2. The summed E-state index contributed by atoms with van der Waals surface area (Å²) in [5.74, 6) is 0. The van der Waals surface area contributed by atoms with Gasteiger partial charge in [-0.05, 0) is 24.0 Å². The van der Waals surface area contributed by atoms with Gasteiger partial charge in [-0.2, -0.15) is 11.4 Å². The van der Waals surface area contributed by atoms with Gasteiger partial charge in [-0.25, -0.2) is 0 Å². The number of hydrogen-bond donors (Lipinski definition) is 0. The van der Waals surface area contributed by atoms with Crippen LogP contribution in [-0.2, 0) is 29.9 Å². The van der Waals surface area contributed by atoms with Crippen LogP contribution >= 0.6 is 18.6 Å². The van der Waals surface area contributed by atoms with E-state index < -0.39 is 17.0 Å². The van der Waals surface area contributed by atoms with E-state index in [0.717, 1.165) is 35.6 Å². The minimum atomic E-state index is -0.556. The molecule has 0 radical (unpaired) electrons. The number of aryl methyl sites for hydroxylation is 2. The van der Waals surface area contributed by atoms with E-state index in [9.17, 15) is 0 Å². The predicted octanol–water partition coefficient (Wildman–Crippen LogP) is 8.86. The molecule has 0 aliphatic carbocycles. The molecule has 0 fully saturated rings. The van der Waals surface area contributed by atoms with E-state index >= 15 is 0 Å². The fraction of sp³-hybridized carbons (Fsp3) is 0.182. The van der Waals surface area contributed by atoms with Gasteiger partial charge in [-0.15, -0.1) is 11.4 Å². The topological polar surface area (TPSA) is 28.2 Å². The molecular weight excluding hydrogens is 411 g/mol. The molecule has 2 nitrogen and oxygen atoms in total. The van der Waals surface area contributed by atoms with Crippen molar-refractivity contribution in [2.24, 2.45) is 0 Å². The van der Waals surface area contributed by atoms with Gasteiger partial charge in [0.15, 0.2) is 0 Å². The first-order valence-electron chi connectivity index (χ1n) is 8.86. The molecule has 0 atom stereocenters. The predicted molar refractivity (Wildman–Crippen MR) is 115 cm³/mol. The van der Waals surface area contributed by atoms with Gasteiger partial charge in [0.2, 0.25) is 0 Å². The minimum absolute atomic E-state index is 0.556. The van der Waals surface area contributed by atoms with Crippen LogP contribution < -0.4 is 0 Å². The molecule has 3 rings (SSSR count). The molecule has 0 aliphatic heterocycles. The molecule has 0 unspecified atom stereocenters. The Kier molecular flexibility index (Phi) is 9.79. The van der Waals surface area contributed by atoms with Crippen molar-refractivity contribution < 1.29 is 17.0 Å². The number of rotatable bonds is 6. The van der Waals surface area contributed by atoms with Gasteiger partial charge < -0.3 is 10.6 Å². The summed E-state index contributed by atoms with van der Waals surface area (Å²) in [7, 11) is 9.78. The number of nitrogens with zero attached hydrogens (tertiary/aromatic N) is 2. The third-order valence-corrected chi connectivity index (χ3v) is 4.07. The number of para-hydroxylation sites is 2. The molecular formula is C22H22Cl2N2Ti-2. The second-order valence-corrected chi connectivity index (χ2v) is 8.40. The Bertz CT molecular complexity index is 737. The van der Waals surface area contributed by atoms with Crippen molar-refractivity contribution in [1.29, 1.82) is 0 Å². The first kappa shape index (κ1) is 21.8. The van der Waals surface area contributed by atoms with Crippen LogP contribution in [-0.4, -0.2) is 0 Å². The Morgan fingerprint density at radius 1 is 0.630 bits per heavy atom. The maximum absolute atomic E-state index is 4.89. The molecule has 3 aromatic rings. The van der Waals surface area contributed by atoms with Crippen LogP contribution in [0, 0.1) is 0 Å². The van der Waals surface area contributed by atoms with E-state index in [1.54, 1.807) is 0 Å². The van der Waals surface area contributed by atoms with Crippen LogP contribution in [0.2, 0.25) is 0 Å². The molecule has 0 heterocycles. The average Bonchev–Trinajstić information content (AvgIpc) is 2.71. The summed E-state index contributed by atoms with van der Waals surface area (Å²) in [6.07, 6.45) is 2.08. The van der Waals surface area contributed by atoms with Crippen molar-refractivity contribution in [3.05, 3.63) is 94.6 Å². The quantitative estimate of drug-likeness (QED) is 0.348. The first-order chi connectivity index (χ1) is 13.2. The second kappa shape index (κ2) is 12.1.